The van der Waals surface area contributed by atoms with Gasteiger partial charge in [-0.05, 0) is 65.7 Å². The van der Waals surface area contributed by atoms with Crippen molar-refractivity contribution in [2.45, 2.75) is 26.4 Å². The Balaban J connectivity index is 1.85. The number of nitrogens with one attached hydrogen (secondary N) is 2. The van der Waals surface area contributed by atoms with E-state index in [1.807, 2.05) is 13.8 Å². The van der Waals surface area contributed by atoms with Crippen LogP contribution in [0.15, 0.2) is 52.0 Å². The number of halogens is 2. The van der Waals surface area contributed by atoms with E-state index in [2.05, 4.69) is 31.8 Å². The zero-order valence-electron chi connectivity index (χ0n) is 14.8. The highest BCUT2D eigenvalue weighted by Gasteiger charge is 2.11. The molecule has 0 spiro atoms. The third-order valence-corrected chi connectivity index (χ3v) is 3.81. The highest BCUT2D eigenvalue weighted by molar-refractivity contribution is 9.10. The molecule has 0 aliphatic heterocycles. The number of hydrogen-bond acceptors (Lipinski definition) is 4. The van der Waals surface area contributed by atoms with E-state index in [4.69, 9.17) is 4.74 Å². The topological polar surface area (TPSA) is 79.8 Å². The summed E-state index contributed by atoms with van der Waals surface area (Å²) in [4.78, 5) is 23.5. The van der Waals surface area contributed by atoms with Crippen molar-refractivity contribution < 1.29 is 18.7 Å². The molecule has 0 heterocycles. The van der Waals surface area contributed by atoms with Crippen LogP contribution in [-0.2, 0) is 9.59 Å². The molecule has 0 saturated carbocycles. The number of hydrazone groups is 1. The third-order valence-electron chi connectivity index (χ3n) is 3.19. The molecule has 8 heteroatoms. The van der Waals surface area contributed by atoms with Crippen molar-refractivity contribution in [3.05, 3.63) is 58.3 Å². The lowest BCUT2D eigenvalue weighted by atomic mass is 10.2. The van der Waals surface area contributed by atoms with E-state index in [0.29, 0.717) is 5.75 Å². The minimum absolute atomic E-state index is 0.0207. The van der Waals surface area contributed by atoms with Crippen LogP contribution in [0.5, 0.6) is 5.75 Å². The van der Waals surface area contributed by atoms with Gasteiger partial charge in [-0.3, -0.25) is 9.59 Å². The number of anilines is 1. The number of rotatable bonds is 7. The summed E-state index contributed by atoms with van der Waals surface area (Å²) in [6.07, 6.45) is 1.02. The molecule has 0 bridgehead atoms. The summed E-state index contributed by atoms with van der Waals surface area (Å²) in [5.74, 6) is -1.11. The Morgan fingerprint density at radius 2 is 1.96 bits per heavy atom. The van der Waals surface area contributed by atoms with Gasteiger partial charge in [0.2, 0.25) is 11.8 Å². The van der Waals surface area contributed by atoms with Crippen LogP contribution in [0.25, 0.3) is 0 Å². The van der Waals surface area contributed by atoms with E-state index in [9.17, 15) is 14.0 Å². The molecule has 142 valence electrons. The van der Waals surface area contributed by atoms with Gasteiger partial charge in [0.1, 0.15) is 18.0 Å². The van der Waals surface area contributed by atoms with Crippen molar-refractivity contribution in [1.82, 2.24) is 5.43 Å². The minimum Gasteiger partial charge on any atom is -0.490 e. The molecule has 0 fully saturated rings. The van der Waals surface area contributed by atoms with E-state index >= 15 is 0 Å². The van der Waals surface area contributed by atoms with Crippen molar-refractivity contribution in [3.63, 3.8) is 0 Å². The van der Waals surface area contributed by atoms with Gasteiger partial charge in [-0.15, -0.1) is 0 Å². The Labute approximate surface area is 164 Å². The first-order chi connectivity index (χ1) is 12.8. The van der Waals surface area contributed by atoms with Gasteiger partial charge in [0, 0.05) is 0 Å². The first kappa shape index (κ1) is 20.6. The maximum atomic E-state index is 13.5. The fourth-order valence-electron chi connectivity index (χ4n) is 2.07. The van der Waals surface area contributed by atoms with E-state index in [-0.39, 0.29) is 11.8 Å². The second-order valence-electron chi connectivity index (χ2n) is 5.85. The maximum absolute atomic E-state index is 13.5. The average molecular weight is 436 g/mol. The quantitative estimate of drug-likeness (QED) is 0.393. The first-order valence-corrected chi connectivity index (χ1v) is 8.97. The van der Waals surface area contributed by atoms with Crippen molar-refractivity contribution in [3.8, 4) is 5.75 Å². The summed E-state index contributed by atoms with van der Waals surface area (Å²) in [7, 11) is 0. The zero-order valence-corrected chi connectivity index (χ0v) is 16.4. The Kier molecular flexibility index (Phi) is 7.48. The summed E-state index contributed by atoms with van der Waals surface area (Å²) in [5.41, 5.74) is 3.01. The van der Waals surface area contributed by atoms with Gasteiger partial charge in [0.15, 0.2) is 0 Å². The monoisotopic (exact) mass is 435 g/mol. The summed E-state index contributed by atoms with van der Waals surface area (Å²) >= 11 is 3.41. The maximum Gasteiger partial charge on any atom is 0.249 e. The summed E-state index contributed by atoms with van der Waals surface area (Å²) < 4.78 is 19.8. The third kappa shape index (κ3) is 6.82. The number of amides is 2. The van der Waals surface area contributed by atoms with Crippen LogP contribution in [0.4, 0.5) is 10.1 Å². The Morgan fingerprint density at radius 3 is 2.63 bits per heavy atom. The van der Waals surface area contributed by atoms with E-state index < -0.39 is 24.1 Å². The van der Waals surface area contributed by atoms with E-state index in [1.165, 1.54) is 24.4 Å². The molecule has 0 unspecified atom stereocenters. The van der Waals surface area contributed by atoms with Crippen LogP contribution in [0.1, 0.15) is 25.8 Å². The molecule has 2 N–H and O–H groups in total. The number of carbonyl (C=O) groups excluding carboxylic acids is 2. The molecule has 0 radical (unpaired) electrons. The lowest BCUT2D eigenvalue weighted by molar-refractivity contribution is -0.126. The van der Waals surface area contributed by atoms with Crippen LogP contribution < -0.4 is 15.5 Å². The summed E-state index contributed by atoms with van der Waals surface area (Å²) in [5, 5.41) is 6.14. The average Bonchev–Trinajstić information content (AvgIpc) is 2.59. The van der Waals surface area contributed by atoms with Gasteiger partial charge >= 0.3 is 0 Å². The molecule has 0 saturated heterocycles. The van der Waals surface area contributed by atoms with Gasteiger partial charge in [-0.25, -0.2) is 9.82 Å². The van der Waals surface area contributed by atoms with Gasteiger partial charge < -0.3 is 10.1 Å². The molecule has 27 heavy (non-hydrogen) atoms. The standard InChI is InChI=1S/C19H19BrFN3O3/c1-12(2)27-17-8-7-13(9-14(17)20)11-22-24-19(26)10-18(25)23-16-6-4-3-5-15(16)21/h3-9,11-12H,10H2,1-2H3,(H,23,25)(H,24,26). The number of ether oxygens (including phenoxy) is 1. The number of benzene rings is 2. The van der Waals surface area contributed by atoms with Gasteiger partial charge in [0.05, 0.1) is 22.5 Å². The lowest BCUT2D eigenvalue weighted by Gasteiger charge is -2.11. The molecule has 2 amide bonds. The summed E-state index contributed by atoms with van der Waals surface area (Å²) in [6, 6.07) is 11.1. The smallest absolute Gasteiger partial charge is 0.249 e. The molecule has 6 nitrogen and oxygen atoms in total. The molecule has 2 rings (SSSR count). The largest absolute Gasteiger partial charge is 0.490 e. The number of carbonyl (C=O) groups is 2. The summed E-state index contributed by atoms with van der Waals surface area (Å²) in [6.45, 7) is 3.86. The van der Waals surface area contributed by atoms with Crippen molar-refractivity contribution in [2.75, 3.05) is 5.32 Å². The Morgan fingerprint density at radius 1 is 1.22 bits per heavy atom. The molecule has 0 aliphatic rings. The fourth-order valence-corrected chi connectivity index (χ4v) is 2.56. The lowest BCUT2D eigenvalue weighted by Crippen LogP contribution is -2.24. The van der Waals surface area contributed by atoms with Gasteiger partial charge in [-0.2, -0.15) is 5.10 Å². The van der Waals surface area contributed by atoms with E-state index in [1.54, 1.807) is 24.3 Å². The van der Waals surface area contributed by atoms with Gasteiger partial charge in [-0.1, -0.05) is 12.1 Å². The number of nitrogens with zero attached hydrogens (tertiary/aromatic N) is 1. The zero-order chi connectivity index (χ0) is 19.8. The molecular weight excluding hydrogens is 417 g/mol. The van der Waals surface area contributed by atoms with Crippen molar-refractivity contribution in [1.29, 1.82) is 0 Å². The normalized spacial score (nSPS) is 10.9. The van der Waals surface area contributed by atoms with Crippen LogP contribution in [0.2, 0.25) is 0 Å². The van der Waals surface area contributed by atoms with Crippen LogP contribution >= 0.6 is 15.9 Å². The molecule has 0 aromatic heterocycles. The molecule has 0 atom stereocenters. The highest BCUT2D eigenvalue weighted by atomic mass is 79.9. The van der Waals surface area contributed by atoms with Crippen molar-refractivity contribution in [2.24, 2.45) is 5.10 Å². The van der Waals surface area contributed by atoms with Crippen LogP contribution in [0.3, 0.4) is 0 Å². The number of para-hydroxylation sites is 1. The first-order valence-electron chi connectivity index (χ1n) is 8.17. The van der Waals surface area contributed by atoms with E-state index in [0.717, 1.165) is 10.0 Å². The SMILES string of the molecule is CC(C)Oc1ccc(C=NNC(=O)CC(=O)Nc2ccccc2F)cc1Br. The predicted molar refractivity (Wildman–Crippen MR) is 105 cm³/mol. The Hall–Kier alpha value is -2.74. The Bertz CT molecular complexity index is 856. The van der Waals surface area contributed by atoms with Crippen LogP contribution in [-0.4, -0.2) is 24.1 Å². The molecule has 2 aromatic rings. The predicted octanol–water partition coefficient (Wildman–Crippen LogP) is 3.85. The number of hydrogen-bond donors (Lipinski definition) is 2. The fraction of sp³-hybridized carbons (Fsp3) is 0.211. The van der Waals surface area contributed by atoms with Crippen molar-refractivity contribution >= 4 is 39.6 Å². The second-order valence-corrected chi connectivity index (χ2v) is 6.71. The minimum atomic E-state index is -0.634. The molecular formula is C19H19BrFN3O3. The molecule has 0 aliphatic carbocycles. The second kappa shape index (κ2) is 9.82. The highest BCUT2D eigenvalue weighted by Crippen LogP contribution is 2.26. The molecule has 2 aromatic carbocycles. The van der Waals surface area contributed by atoms with Gasteiger partial charge in [0.25, 0.3) is 0 Å². The van der Waals surface area contributed by atoms with Crippen LogP contribution in [0, 0.1) is 5.82 Å².